The van der Waals surface area contributed by atoms with Gasteiger partial charge in [-0.2, -0.15) is 0 Å². The highest BCUT2D eigenvalue weighted by Crippen LogP contribution is 2.23. The number of hydrogen-bond acceptors (Lipinski definition) is 3. The van der Waals surface area contributed by atoms with Gasteiger partial charge < -0.3 is 10.1 Å². The van der Waals surface area contributed by atoms with Crippen molar-refractivity contribution >= 4 is 33.2 Å². The summed E-state index contributed by atoms with van der Waals surface area (Å²) in [5.41, 5.74) is 2.53. The van der Waals surface area contributed by atoms with Crippen molar-refractivity contribution in [1.82, 2.24) is 9.38 Å². The van der Waals surface area contributed by atoms with Gasteiger partial charge in [-0.1, -0.05) is 22.0 Å². The smallest absolute Gasteiger partial charge is 0.274 e. The first kappa shape index (κ1) is 15.6. The summed E-state index contributed by atoms with van der Waals surface area (Å²) in [5.74, 6) is 0.460. The predicted molar refractivity (Wildman–Crippen MR) is 93.2 cm³/mol. The number of halogens is 1. The van der Waals surface area contributed by atoms with Crippen LogP contribution >= 0.6 is 15.9 Å². The Morgan fingerprint density at radius 2 is 2.17 bits per heavy atom. The predicted octanol–water partition coefficient (Wildman–Crippen LogP) is 4.06. The second kappa shape index (κ2) is 6.42. The van der Waals surface area contributed by atoms with Crippen molar-refractivity contribution in [1.29, 1.82) is 0 Å². The number of aryl methyl sites for hydroxylation is 1. The summed E-state index contributed by atoms with van der Waals surface area (Å²) in [6, 6.07) is 11.2. The number of pyridine rings is 1. The third-order valence-corrected chi connectivity index (χ3v) is 3.88. The molecule has 0 aliphatic carbocycles. The molecule has 0 spiro atoms. The summed E-state index contributed by atoms with van der Waals surface area (Å²) in [7, 11) is 0. The first-order valence-electron chi connectivity index (χ1n) is 7.27. The molecule has 0 fully saturated rings. The van der Waals surface area contributed by atoms with Crippen LogP contribution in [-0.4, -0.2) is 21.9 Å². The van der Waals surface area contributed by atoms with Crippen LogP contribution in [0.25, 0.3) is 5.65 Å². The van der Waals surface area contributed by atoms with Crippen LogP contribution in [0.15, 0.2) is 47.1 Å². The Hall–Kier alpha value is -2.34. The van der Waals surface area contributed by atoms with Crippen molar-refractivity contribution in [2.45, 2.75) is 13.8 Å². The number of fused-ring (bicyclic) bond motifs is 1. The highest BCUT2D eigenvalue weighted by atomic mass is 79.9. The van der Waals surface area contributed by atoms with Gasteiger partial charge in [-0.05, 0) is 44.2 Å². The monoisotopic (exact) mass is 373 g/mol. The minimum Gasteiger partial charge on any atom is -0.490 e. The number of rotatable bonds is 4. The Morgan fingerprint density at radius 3 is 2.91 bits per heavy atom. The first-order valence-corrected chi connectivity index (χ1v) is 8.07. The Bertz CT molecular complexity index is 873. The number of imidazole rings is 1. The van der Waals surface area contributed by atoms with Gasteiger partial charge in [0.2, 0.25) is 0 Å². The number of nitrogens with zero attached hydrogens (tertiary/aromatic N) is 2. The van der Waals surface area contributed by atoms with Gasteiger partial charge in [0.05, 0.1) is 12.3 Å². The molecule has 6 heteroatoms. The van der Waals surface area contributed by atoms with Crippen molar-refractivity contribution in [2.24, 2.45) is 0 Å². The normalized spacial score (nSPS) is 10.7. The van der Waals surface area contributed by atoms with Crippen molar-refractivity contribution < 1.29 is 9.53 Å². The lowest BCUT2D eigenvalue weighted by Crippen LogP contribution is -2.15. The average Bonchev–Trinajstić information content (AvgIpc) is 2.84. The molecule has 2 heterocycles. The second-order valence-electron chi connectivity index (χ2n) is 5.01. The summed E-state index contributed by atoms with van der Waals surface area (Å²) < 4.78 is 8.24. The maximum atomic E-state index is 12.7. The lowest BCUT2D eigenvalue weighted by Gasteiger charge is -2.08. The van der Waals surface area contributed by atoms with Gasteiger partial charge in [-0.15, -0.1) is 0 Å². The molecule has 5 nitrogen and oxygen atoms in total. The van der Waals surface area contributed by atoms with E-state index in [1.165, 1.54) is 0 Å². The maximum Gasteiger partial charge on any atom is 0.274 e. The van der Waals surface area contributed by atoms with Crippen molar-refractivity contribution in [3.63, 3.8) is 0 Å². The van der Waals surface area contributed by atoms with Gasteiger partial charge in [0.1, 0.15) is 5.69 Å². The van der Waals surface area contributed by atoms with E-state index in [4.69, 9.17) is 4.74 Å². The highest BCUT2D eigenvalue weighted by molar-refractivity contribution is 9.10. The fourth-order valence-electron chi connectivity index (χ4n) is 2.45. The molecular weight excluding hydrogens is 358 g/mol. The SMILES string of the molecule is CCOc1cccn2c(C(=O)Nc3cccc(Br)c3)c(C)nc12. The van der Waals surface area contributed by atoms with E-state index in [-0.39, 0.29) is 5.91 Å². The Morgan fingerprint density at radius 1 is 1.35 bits per heavy atom. The summed E-state index contributed by atoms with van der Waals surface area (Å²) in [4.78, 5) is 17.1. The van der Waals surface area contributed by atoms with E-state index in [1.54, 1.807) is 4.40 Å². The molecule has 0 unspecified atom stereocenters. The fourth-order valence-corrected chi connectivity index (χ4v) is 2.85. The molecule has 0 saturated carbocycles. The fraction of sp³-hybridized carbons (Fsp3) is 0.176. The zero-order chi connectivity index (χ0) is 16.4. The van der Waals surface area contributed by atoms with Gasteiger partial charge in [-0.25, -0.2) is 4.98 Å². The third kappa shape index (κ3) is 3.07. The van der Waals surface area contributed by atoms with Gasteiger partial charge in [0.25, 0.3) is 5.91 Å². The summed E-state index contributed by atoms with van der Waals surface area (Å²) in [6.45, 7) is 4.28. The first-order chi connectivity index (χ1) is 11.1. The number of anilines is 1. The number of nitrogens with one attached hydrogen (secondary N) is 1. The lowest BCUT2D eigenvalue weighted by atomic mass is 10.3. The summed E-state index contributed by atoms with van der Waals surface area (Å²) in [5, 5.41) is 2.90. The minimum absolute atomic E-state index is 0.207. The van der Waals surface area contributed by atoms with Crippen LogP contribution in [0.2, 0.25) is 0 Å². The Labute approximate surface area is 142 Å². The molecule has 0 bridgehead atoms. The van der Waals surface area contributed by atoms with Gasteiger partial charge in [0, 0.05) is 16.4 Å². The van der Waals surface area contributed by atoms with Crippen LogP contribution in [0.4, 0.5) is 5.69 Å². The molecule has 1 amide bonds. The molecule has 1 aromatic carbocycles. The second-order valence-corrected chi connectivity index (χ2v) is 5.93. The molecule has 0 aliphatic heterocycles. The van der Waals surface area contributed by atoms with Gasteiger partial charge >= 0.3 is 0 Å². The molecular formula is C17H16BrN3O2. The number of carbonyl (C=O) groups excluding carboxylic acids is 1. The number of amides is 1. The molecule has 0 saturated heterocycles. The van der Waals surface area contributed by atoms with Gasteiger partial charge in [0.15, 0.2) is 11.4 Å². The lowest BCUT2D eigenvalue weighted by molar-refractivity contribution is 0.102. The number of aromatic nitrogens is 2. The zero-order valence-corrected chi connectivity index (χ0v) is 14.4. The molecule has 2 aromatic heterocycles. The molecule has 0 atom stereocenters. The van der Waals surface area contributed by atoms with Crippen molar-refractivity contribution in [3.8, 4) is 5.75 Å². The van der Waals surface area contributed by atoms with E-state index >= 15 is 0 Å². The average molecular weight is 374 g/mol. The van der Waals surface area contributed by atoms with Crippen LogP contribution in [0.5, 0.6) is 5.75 Å². The molecule has 0 aliphatic rings. The molecule has 0 radical (unpaired) electrons. The topological polar surface area (TPSA) is 55.6 Å². The van der Waals surface area contributed by atoms with Crippen LogP contribution < -0.4 is 10.1 Å². The maximum absolute atomic E-state index is 12.7. The third-order valence-electron chi connectivity index (χ3n) is 3.39. The van der Waals surface area contributed by atoms with E-state index in [9.17, 15) is 4.79 Å². The molecule has 1 N–H and O–H groups in total. The summed E-state index contributed by atoms with van der Waals surface area (Å²) >= 11 is 3.40. The van der Waals surface area contributed by atoms with E-state index in [2.05, 4.69) is 26.2 Å². The highest BCUT2D eigenvalue weighted by Gasteiger charge is 2.18. The molecule has 3 aromatic rings. The number of ether oxygens (including phenoxy) is 1. The van der Waals surface area contributed by atoms with Crippen molar-refractivity contribution in [2.75, 3.05) is 11.9 Å². The van der Waals surface area contributed by atoms with Crippen molar-refractivity contribution in [3.05, 3.63) is 58.5 Å². The molecule has 3 rings (SSSR count). The molecule has 23 heavy (non-hydrogen) atoms. The standard InChI is InChI=1S/C17H16BrN3O2/c1-3-23-14-8-5-9-21-15(11(2)19-16(14)21)17(22)20-13-7-4-6-12(18)10-13/h4-10H,3H2,1-2H3,(H,20,22). The number of carbonyl (C=O) groups is 1. The molecule has 118 valence electrons. The quantitative estimate of drug-likeness (QED) is 0.750. The minimum atomic E-state index is -0.207. The van der Waals surface area contributed by atoms with E-state index < -0.39 is 0 Å². The van der Waals surface area contributed by atoms with Crippen LogP contribution in [0.1, 0.15) is 23.1 Å². The van der Waals surface area contributed by atoms with E-state index in [0.29, 0.717) is 29.4 Å². The number of hydrogen-bond donors (Lipinski definition) is 1. The zero-order valence-electron chi connectivity index (χ0n) is 12.8. The number of benzene rings is 1. The summed E-state index contributed by atoms with van der Waals surface area (Å²) in [6.07, 6.45) is 1.81. The Kier molecular flexibility index (Phi) is 4.34. The van der Waals surface area contributed by atoms with Gasteiger partial charge in [-0.3, -0.25) is 9.20 Å². The van der Waals surface area contributed by atoms with E-state index in [0.717, 1.165) is 10.2 Å². The largest absolute Gasteiger partial charge is 0.490 e. The van der Waals surface area contributed by atoms with E-state index in [1.807, 2.05) is 56.4 Å². The van der Waals surface area contributed by atoms with Crippen LogP contribution in [0, 0.1) is 6.92 Å². The van der Waals surface area contributed by atoms with Crippen LogP contribution in [-0.2, 0) is 0 Å². The van der Waals surface area contributed by atoms with Crippen LogP contribution in [0.3, 0.4) is 0 Å². The Balaban J connectivity index is 2.00.